The molecule has 0 aliphatic rings. The summed E-state index contributed by atoms with van der Waals surface area (Å²) >= 11 is 1.67. The van der Waals surface area contributed by atoms with Crippen LogP contribution in [0.25, 0.3) is 31.6 Å². The molecule has 0 atom stereocenters. The average Bonchev–Trinajstić information content (AvgIpc) is 3.10. The second-order valence-corrected chi connectivity index (χ2v) is 5.68. The number of fused-ring (bicyclic) bond motifs is 2. The van der Waals surface area contributed by atoms with Gasteiger partial charge in [-0.15, -0.1) is 11.3 Å². The van der Waals surface area contributed by atoms with Crippen molar-refractivity contribution in [2.45, 2.75) is 13.3 Å². The number of rotatable bonds is 2. The van der Waals surface area contributed by atoms with Crippen LogP contribution in [0.15, 0.2) is 41.2 Å². The lowest BCUT2D eigenvalue weighted by Crippen LogP contribution is -1.80. The summed E-state index contributed by atoms with van der Waals surface area (Å²) in [4.78, 5) is 9.56. The molecule has 0 unspecified atom stereocenters. The highest BCUT2D eigenvalue weighted by atomic mass is 32.1. The van der Waals surface area contributed by atoms with Crippen molar-refractivity contribution in [3.8, 4) is 10.8 Å². The summed E-state index contributed by atoms with van der Waals surface area (Å²) in [5.41, 5.74) is 0. The first-order chi connectivity index (χ1) is 9.83. The van der Waals surface area contributed by atoms with Gasteiger partial charge in [0.15, 0.2) is 5.82 Å². The van der Waals surface area contributed by atoms with Crippen LogP contribution in [0.4, 0.5) is 0 Å². The number of pyridine rings is 1. The summed E-state index contributed by atoms with van der Waals surface area (Å²) < 4.78 is 6.52. The van der Waals surface area contributed by atoms with Crippen LogP contribution < -0.4 is 0 Å². The van der Waals surface area contributed by atoms with Gasteiger partial charge in [0.1, 0.15) is 0 Å². The van der Waals surface area contributed by atoms with Gasteiger partial charge in [-0.2, -0.15) is 4.98 Å². The summed E-state index contributed by atoms with van der Waals surface area (Å²) in [6.07, 6.45) is 4.48. The van der Waals surface area contributed by atoms with E-state index in [1.165, 1.54) is 15.5 Å². The maximum atomic E-state index is 5.31. The smallest absolute Gasteiger partial charge is 0.268 e. The average molecular weight is 281 g/mol. The van der Waals surface area contributed by atoms with Gasteiger partial charge in [-0.3, -0.25) is 4.98 Å². The summed E-state index contributed by atoms with van der Waals surface area (Å²) in [7, 11) is 0. The van der Waals surface area contributed by atoms with E-state index in [-0.39, 0.29) is 0 Å². The monoisotopic (exact) mass is 281 g/mol. The maximum absolute atomic E-state index is 5.31. The molecule has 3 heterocycles. The standard InChI is InChI=1S/C15H11N3OS/c1-2-14-17-15(19-18-14)13-7-10-5-11-8-16-4-3-9(11)6-12(10)20-13/h3-8H,2H2,1H3. The molecule has 0 saturated heterocycles. The highest BCUT2D eigenvalue weighted by Crippen LogP contribution is 2.34. The minimum absolute atomic E-state index is 0.602. The Kier molecular flexibility index (Phi) is 2.53. The fourth-order valence-corrected chi connectivity index (χ4v) is 3.24. The molecule has 0 amide bonds. The Morgan fingerprint density at radius 3 is 2.95 bits per heavy atom. The largest absolute Gasteiger partial charge is 0.333 e. The molecule has 1 aromatic carbocycles. The number of nitrogens with zero attached hydrogens (tertiary/aromatic N) is 3. The van der Waals surface area contributed by atoms with Crippen molar-refractivity contribution in [3.63, 3.8) is 0 Å². The Morgan fingerprint density at radius 2 is 2.10 bits per heavy atom. The third kappa shape index (κ3) is 1.78. The maximum Gasteiger partial charge on any atom is 0.268 e. The number of aromatic nitrogens is 3. The topological polar surface area (TPSA) is 51.8 Å². The molecule has 0 fully saturated rings. The fourth-order valence-electron chi connectivity index (χ4n) is 2.23. The van der Waals surface area contributed by atoms with Crippen LogP contribution in [0.1, 0.15) is 12.7 Å². The summed E-state index contributed by atoms with van der Waals surface area (Å²) in [5, 5.41) is 7.47. The number of hydrogen-bond acceptors (Lipinski definition) is 5. The molecule has 3 aromatic heterocycles. The van der Waals surface area contributed by atoms with E-state index >= 15 is 0 Å². The van der Waals surface area contributed by atoms with E-state index in [2.05, 4.69) is 33.3 Å². The van der Waals surface area contributed by atoms with E-state index in [0.29, 0.717) is 5.89 Å². The first-order valence-corrected chi connectivity index (χ1v) is 7.25. The summed E-state index contributed by atoms with van der Waals surface area (Å²) in [5.74, 6) is 1.34. The molecular weight excluding hydrogens is 270 g/mol. The van der Waals surface area contributed by atoms with E-state index in [9.17, 15) is 0 Å². The van der Waals surface area contributed by atoms with E-state index < -0.39 is 0 Å². The Labute approximate surface area is 119 Å². The molecule has 0 N–H and O–H groups in total. The molecule has 4 nitrogen and oxygen atoms in total. The number of hydrogen-bond donors (Lipinski definition) is 0. The van der Waals surface area contributed by atoms with Crippen LogP contribution in [0.3, 0.4) is 0 Å². The van der Waals surface area contributed by atoms with Crippen LogP contribution in [0, 0.1) is 0 Å². The summed E-state index contributed by atoms with van der Waals surface area (Å²) in [6.45, 7) is 2.01. The van der Waals surface area contributed by atoms with Crippen LogP contribution in [-0.2, 0) is 6.42 Å². The molecule has 5 heteroatoms. The van der Waals surface area contributed by atoms with Gasteiger partial charge in [0.2, 0.25) is 0 Å². The predicted octanol–water partition coefficient (Wildman–Crippen LogP) is 4.06. The first kappa shape index (κ1) is 11.5. The van der Waals surface area contributed by atoms with Gasteiger partial charge < -0.3 is 4.52 Å². The number of aryl methyl sites for hydroxylation is 1. The lowest BCUT2D eigenvalue weighted by molar-refractivity contribution is 0.424. The lowest BCUT2D eigenvalue weighted by atomic mass is 10.1. The van der Waals surface area contributed by atoms with Crippen LogP contribution >= 0.6 is 11.3 Å². The SMILES string of the molecule is CCc1noc(-c2cc3cc4cnccc4cc3s2)n1. The molecule has 20 heavy (non-hydrogen) atoms. The van der Waals surface area contributed by atoms with E-state index in [0.717, 1.165) is 22.5 Å². The lowest BCUT2D eigenvalue weighted by Gasteiger charge is -1.95. The van der Waals surface area contributed by atoms with Crippen molar-refractivity contribution in [2.24, 2.45) is 0 Å². The second kappa shape index (κ2) is 4.38. The molecule has 0 saturated carbocycles. The predicted molar refractivity (Wildman–Crippen MR) is 79.8 cm³/mol. The number of benzene rings is 1. The normalized spacial score (nSPS) is 11.4. The molecule has 0 spiro atoms. The van der Waals surface area contributed by atoms with Crippen LogP contribution in [-0.4, -0.2) is 15.1 Å². The van der Waals surface area contributed by atoms with Gasteiger partial charge in [0, 0.05) is 28.9 Å². The van der Waals surface area contributed by atoms with Crippen molar-refractivity contribution in [1.29, 1.82) is 0 Å². The molecule has 98 valence electrons. The van der Waals surface area contributed by atoms with Crippen molar-refractivity contribution >= 4 is 32.2 Å². The molecule has 0 radical (unpaired) electrons. The zero-order chi connectivity index (χ0) is 13.5. The van der Waals surface area contributed by atoms with E-state index in [1.54, 1.807) is 11.3 Å². The Bertz CT molecular complexity index is 857. The van der Waals surface area contributed by atoms with E-state index in [4.69, 9.17) is 4.52 Å². The molecule has 0 aliphatic carbocycles. The van der Waals surface area contributed by atoms with Crippen LogP contribution in [0.2, 0.25) is 0 Å². The summed E-state index contributed by atoms with van der Waals surface area (Å²) in [6, 6.07) is 8.45. The minimum Gasteiger partial charge on any atom is -0.333 e. The zero-order valence-corrected chi connectivity index (χ0v) is 11.6. The van der Waals surface area contributed by atoms with Gasteiger partial charge in [-0.05, 0) is 35.0 Å². The number of thiophene rings is 1. The van der Waals surface area contributed by atoms with Gasteiger partial charge in [-0.1, -0.05) is 12.1 Å². The third-order valence-corrected chi connectivity index (χ3v) is 4.36. The Balaban J connectivity index is 1.91. The molecule has 0 aliphatic heterocycles. The van der Waals surface area contributed by atoms with Gasteiger partial charge >= 0.3 is 0 Å². The Morgan fingerprint density at radius 1 is 1.15 bits per heavy atom. The quantitative estimate of drug-likeness (QED) is 0.556. The molecule has 4 rings (SSSR count). The van der Waals surface area contributed by atoms with Gasteiger partial charge in [0.25, 0.3) is 5.89 Å². The third-order valence-electron chi connectivity index (χ3n) is 3.27. The Hall–Kier alpha value is -2.27. The highest BCUT2D eigenvalue weighted by Gasteiger charge is 2.12. The van der Waals surface area contributed by atoms with Crippen molar-refractivity contribution < 1.29 is 4.52 Å². The fraction of sp³-hybridized carbons (Fsp3) is 0.133. The van der Waals surface area contributed by atoms with Crippen molar-refractivity contribution in [1.82, 2.24) is 15.1 Å². The van der Waals surface area contributed by atoms with Gasteiger partial charge in [-0.25, -0.2) is 0 Å². The first-order valence-electron chi connectivity index (χ1n) is 6.44. The van der Waals surface area contributed by atoms with Crippen molar-refractivity contribution in [3.05, 3.63) is 42.5 Å². The molecule has 0 bridgehead atoms. The van der Waals surface area contributed by atoms with Crippen molar-refractivity contribution in [2.75, 3.05) is 0 Å². The molecule has 4 aromatic rings. The van der Waals surface area contributed by atoms with E-state index in [1.807, 2.05) is 25.4 Å². The van der Waals surface area contributed by atoms with Gasteiger partial charge in [0.05, 0.1) is 4.88 Å². The second-order valence-electron chi connectivity index (χ2n) is 4.59. The van der Waals surface area contributed by atoms with Crippen LogP contribution in [0.5, 0.6) is 0 Å². The minimum atomic E-state index is 0.602. The highest BCUT2D eigenvalue weighted by molar-refractivity contribution is 7.22. The zero-order valence-electron chi connectivity index (χ0n) is 10.8. The molecular formula is C15H11N3OS.